The highest BCUT2D eigenvalue weighted by Gasteiger charge is 2.23. The average molecular weight is 373 g/mol. The summed E-state index contributed by atoms with van der Waals surface area (Å²) >= 11 is 5.68. The number of nitrogens with zero attached hydrogens (tertiary/aromatic N) is 2. The van der Waals surface area contributed by atoms with E-state index in [9.17, 15) is 9.59 Å². The molecule has 136 valence electrons. The van der Waals surface area contributed by atoms with Gasteiger partial charge in [0.05, 0.1) is 5.56 Å². The molecule has 1 fully saturated rings. The van der Waals surface area contributed by atoms with Gasteiger partial charge in [-0.15, -0.1) is 0 Å². The summed E-state index contributed by atoms with van der Waals surface area (Å²) in [7, 11) is 0. The Morgan fingerprint density at radius 1 is 1.12 bits per heavy atom. The van der Waals surface area contributed by atoms with E-state index in [2.05, 4.69) is 29.2 Å². The zero-order valence-corrected chi connectivity index (χ0v) is 15.2. The van der Waals surface area contributed by atoms with Gasteiger partial charge in [-0.1, -0.05) is 41.9 Å². The topological polar surface area (TPSA) is 59.5 Å². The first-order valence-corrected chi connectivity index (χ1v) is 9.10. The van der Waals surface area contributed by atoms with E-state index >= 15 is 0 Å². The van der Waals surface area contributed by atoms with Gasteiger partial charge in [0.15, 0.2) is 6.61 Å². The summed E-state index contributed by atoms with van der Waals surface area (Å²) in [5, 5.41) is 0.302. The quantitative estimate of drug-likeness (QED) is 0.596. The summed E-state index contributed by atoms with van der Waals surface area (Å²) in [6, 6.07) is 13.4. The molecular formula is C20H21ClN2O3. The molecule has 1 aliphatic rings. The fourth-order valence-electron chi connectivity index (χ4n) is 3.13. The molecule has 1 aromatic heterocycles. The Labute approximate surface area is 157 Å². The second-order valence-corrected chi connectivity index (χ2v) is 6.85. The van der Waals surface area contributed by atoms with E-state index in [-0.39, 0.29) is 18.1 Å². The van der Waals surface area contributed by atoms with E-state index in [4.69, 9.17) is 16.3 Å². The van der Waals surface area contributed by atoms with Crippen LogP contribution >= 0.6 is 11.6 Å². The van der Waals surface area contributed by atoms with Crippen molar-refractivity contribution < 1.29 is 14.3 Å². The van der Waals surface area contributed by atoms with E-state index in [1.54, 1.807) is 4.90 Å². The second kappa shape index (κ2) is 8.81. The lowest BCUT2D eigenvalue weighted by atomic mass is 9.90. The number of rotatable bonds is 5. The second-order valence-electron chi connectivity index (χ2n) is 6.46. The van der Waals surface area contributed by atoms with Crippen molar-refractivity contribution in [3.63, 3.8) is 0 Å². The molecular weight excluding hydrogens is 352 g/mol. The number of piperidine rings is 1. The monoisotopic (exact) mass is 372 g/mol. The van der Waals surface area contributed by atoms with E-state index in [0.29, 0.717) is 24.2 Å². The number of amides is 1. The van der Waals surface area contributed by atoms with Crippen LogP contribution in [0.2, 0.25) is 5.15 Å². The first-order chi connectivity index (χ1) is 12.6. The molecule has 1 aromatic carbocycles. The van der Waals surface area contributed by atoms with Gasteiger partial charge in [-0.25, -0.2) is 9.78 Å². The SMILES string of the molecule is O=C(OCC(=O)N1CCC(Cc2ccccc2)CC1)c1ccc(Cl)nc1. The minimum atomic E-state index is -0.568. The van der Waals surface area contributed by atoms with Gasteiger partial charge < -0.3 is 9.64 Å². The highest BCUT2D eigenvalue weighted by atomic mass is 35.5. The number of carbonyl (C=O) groups is 2. The third-order valence-corrected chi connectivity index (χ3v) is 4.85. The summed E-state index contributed by atoms with van der Waals surface area (Å²) in [6.07, 6.45) is 4.32. The van der Waals surface area contributed by atoms with Crippen LogP contribution in [-0.4, -0.2) is 41.5 Å². The fourth-order valence-corrected chi connectivity index (χ4v) is 3.24. The number of aromatic nitrogens is 1. The zero-order valence-electron chi connectivity index (χ0n) is 14.4. The van der Waals surface area contributed by atoms with Gasteiger partial charge >= 0.3 is 5.97 Å². The van der Waals surface area contributed by atoms with Gasteiger partial charge in [-0.05, 0) is 42.9 Å². The van der Waals surface area contributed by atoms with Crippen molar-refractivity contribution in [1.82, 2.24) is 9.88 Å². The standard InChI is InChI=1S/C20H21ClN2O3/c21-18-7-6-17(13-22-18)20(25)26-14-19(24)23-10-8-16(9-11-23)12-15-4-2-1-3-5-15/h1-7,13,16H,8-12,14H2. The van der Waals surface area contributed by atoms with E-state index in [0.717, 1.165) is 19.3 Å². The predicted octanol–water partition coefficient (Wildman–Crippen LogP) is 3.37. The molecule has 5 nitrogen and oxygen atoms in total. The number of carbonyl (C=O) groups excluding carboxylic acids is 2. The molecule has 0 atom stereocenters. The highest BCUT2D eigenvalue weighted by molar-refractivity contribution is 6.29. The van der Waals surface area contributed by atoms with Crippen LogP contribution in [-0.2, 0) is 16.0 Å². The molecule has 6 heteroatoms. The molecule has 2 aromatic rings. The van der Waals surface area contributed by atoms with Crippen molar-refractivity contribution in [2.75, 3.05) is 19.7 Å². The Balaban J connectivity index is 1.42. The van der Waals surface area contributed by atoms with Crippen LogP contribution in [0, 0.1) is 5.92 Å². The molecule has 0 radical (unpaired) electrons. The first kappa shape index (κ1) is 18.4. The van der Waals surface area contributed by atoms with E-state index in [1.165, 1.54) is 23.9 Å². The molecule has 0 aliphatic carbocycles. The minimum absolute atomic E-state index is 0.154. The largest absolute Gasteiger partial charge is 0.452 e. The zero-order chi connectivity index (χ0) is 18.4. The summed E-state index contributed by atoms with van der Waals surface area (Å²) in [6.45, 7) is 1.16. The smallest absolute Gasteiger partial charge is 0.340 e. The van der Waals surface area contributed by atoms with Crippen LogP contribution in [0.15, 0.2) is 48.7 Å². The number of benzene rings is 1. The van der Waals surface area contributed by atoms with Crippen LogP contribution < -0.4 is 0 Å². The summed E-state index contributed by atoms with van der Waals surface area (Å²) < 4.78 is 5.09. The van der Waals surface area contributed by atoms with Gasteiger partial charge in [0.2, 0.25) is 0 Å². The van der Waals surface area contributed by atoms with Crippen LogP contribution in [0.1, 0.15) is 28.8 Å². The molecule has 1 amide bonds. The third kappa shape index (κ3) is 5.05. The highest BCUT2D eigenvalue weighted by Crippen LogP contribution is 2.21. The van der Waals surface area contributed by atoms with Crippen molar-refractivity contribution in [3.05, 3.63) is 64.9 Å². The molecule has 1 aliphatic heterocycles. The number of ether oxygens (including phenoxy) is 1. The van der Waals surface area contributed by atoms with Crippen molar-refractivity contribution in [1.29, 1.82) is 0 Å². The van der Waals surface area contributed by atoms with Crippen molar-refractivity contribution in [2.45, 2.75) is 19.3 Å². The summed E-state index contributed by atoms with van der Waals surface area (Å²) in [5.74, 6) is -0.135. The first-order valence-electron chi connectivity index (χ1n) is 8.72. The Bertz CT molecular complexity index is 741. The average Bonchev–Trinajstić information content (AvgIpc) is 2.68. The molecule has 0 bridgehead atoms. The molecule has 0 spiro atoms. The lowest BCUT2D eigenvalue weighted by molar-refractivity contribution is -0.135. The van der Waals surface area contributed by atoms with Crippen molar-refractivity contribution >= 4 is 23.5 Å². The summed E-state index contributed by atoms with van der Waals surface area (Å²) in [5.41, 5.74) is 1.62. The molecule has 0 unspecified atom stereocenters. The van der Waals surface area contributed by atoms with Gasteiger partial charge in [0, 0.05) is 19.3 Å². The maximum atomic E-state index is 12.3. The number of hydrogen-bond acceptors (Lipinski definition) is 4. The van der Waals surface area contributed by atoms with Crippen LogP contribution in [0.3, 0.4) is 0 Å². The fraction of sp³-hybridized carbons (Fsp3) is 0.350. The Morgan fingerprint density at radius 3 is 2.50 bits per heavy atom. The van der Waals surface area contributed by atoms with Gasteiger partial charge in [-0.2, -0.15) is 0 Å². The Hall–Kier alpha value is -2.40. The molecule has 1 saturated heterocycles. The Kier molecular flexibility index (Phi) is 6.23. The van der Waals surface area contributed by atoms with Crippen LogP contribution in [0.5, 0.6) is 0 Å². The number of likely N-dealkylation sites (tertiary alicyclic amines) is 1. The number of hydrogen-bond donors (Lipinski definition) is 0. The van der Waals surface area contributed by atoms with Crippen LogP contribution in [0.4, 0.5) is 0 Å². The van der Waals surface area contributed by atoms with E-state index < -0.39 is 5.97 Å². The Morgan fingerprint density at radius 2 is 1.85 bits per heavy atom. The van der Waals surface area contributed by atoms with Gasteiger partial charge in [0.25, 0.3) is 5.91 Å². The van der Waals surface area contributed by atoms with Gasteiger partial charge in [0.1, 0.15) is 5.15 Å². The lowest BCUT2D eigenvalue weighted by Gasteiger charge is -2.32. The molecule has 3 rings (SSSR count). The van der Waals surface area contributed by atoms with E-state index in [1.807, 2.05) is 6.07 Å². The molecule has 26 heavy (non-hydrogen) atoms. The van der Waals surface area contributed by atoms with Crippen LogP contribution in [0.25, 0.3) is 0 Å². The number of halogens is 1. The normalized spacial score (nSPS) is 14.9. The maximum absolute atomic E-state index is 12.3. The third-order valence-electron chi connectivity index (χ3n) is 4.62. The molecule has 2 heterocycles. The lowest BCUT2D eigenvalue weighted by Crippen LogP contribution is -2.41. The molecule has 0 N–H and O–H groups in total. The molecule has 0 saturated carbocycles. The number of pyridine rings is 1. The maximum Gasteiger partial charge on any atom is 0.340 e. The predicted molar refractivity (Wildman–Crippen MR) is 99.0 cm³/mol. The van der Waals surface area contributed by atoms with Crippen molar-refractivity contribution in [2.24, 2.45) is 5.92 Å². The van der Waals surface area contributed by atoms with Crippen molar-refractivity contribution in [3.8, 4) is 0 Å². The number of esters is 1. The van der Waals surface area contributed by atoms with Gasteiger partial charge in [-0.3, -0.25) is 4.79 Å². The summed E-state index contributed by atoms with van der Waals surface area (Å²) in [4.78, 5) is 29.8. The minimum Gasteiger partial charge on any atom is -0.452 e.